The largest absolute Gasteiger partial charge is 0.354 e. The molecule has 0 aliphatic carbocycles. The molecule has 7 nitrogen and oxygen atoms in total. The van der Waals surface area contributed by atoms with E-state index in [-0.39, 0.29) is 17.6 Å². The Morgan fingerprint density at radius 1 is 0.919 bits per heavy atom. The van der Waals surface area contributed by atoms with Gasteiger partial charge in [0.05, 0.1) is 0 Å². The minimum atomic E-state index is -0.267. The minimum Gasteiger partial charge on any atom is -0.354 e. The maximum Gasteiger partial charge on any atom is 0.231 e. The Kier molecular flexibility index (Phi) is 9.37. The maximum atomic E-state index is 13.5. The van der Waals surface area contributed by atoms with E-state index in [1.165, 1.54) is 24.3 Å². The van der Waals surface area contributed by atoms with Gasteiger partial charge in [0.25, 0.3) is 0 Å². The van der Waals surface area contributed by atoms with Gasteiger partial charge in [-0.3, -0.25) is 0 Å². The highest BCUT2D eigenvalue weighted by Gasteiger charge is 2.24. The normalized spacial score (nSPS) is 14.1. The number of hydrogen-bond donors (Lipinski definition) is 3. The van der Waals surface area contributed by atoms with Crippen LogP contribution in [0.15, 0.2) is 61.2 Å². The third-order valence-corrected chi connectivity index (χ3v) is 6.49. The zero-order valence-electron chi connectivity index (χ0n) is 21.3. The molecule has 2 aromatic carbocycles. The van der Waals surface area contributed by atoms with Crippen molar-refractivity contribution in [3.63, 3.8) is 0 Å². The lowest BCUT2D eigenvalue weighted by atomic mass is 9.90. The topological polar surface area (TPSA) is 78.0 Å². The van der Waals surface area contributed by atoms with Gasteiger partial charge in [0.1, 0.15) is 11.6 Å². The van der Waals surface area contributed by atoms with Crippen LogP contribution in [0.1, 0.15) is 43.2 Å². The van der Waals surface area contributed by atoms with Gasteiger partial charge in [-0.15, -0.1) is 6.58 Å². The standard InChI is InChI=1S/C28H35F2N7/c1-3-15-31-26-34-27(32-16-4-2)36-28(35-26)37-17-13-24(14-18-37)33-19-25(20-5-9-22(29)10-6-20)21-7-11-23(30)12-8-21/h3,5-12,24-25,33H,1,4,13-19H2,2H3,(H2,31,32,34,35,36). The number of benzene rings is 2. The average Bonchev–Trinajstić information content (AvgIpc) is 2.93. The van der Waals surface area contributed by atoms with E-state index in [1.54, 1.807) is 30.3 Å². The van der Waals surface area contributed by atoms with Crippen LogP contribution in [0.25, 0.3) is 0 Å². The Labute approximate surface area is 217 Å². The van der Waals surface area contributed by atoms with Gasteiger partial charge in [0.2, 0.25) is 17.8 Å². The summed E-state index contributed by atoms with van der Waals surface area (Å²) in [5.74, 6) is 1.22. The molecule has 0 bridgehead atoms. The lowest BCUT2D eigenvalue weighted by molar-refractivity contribution is 0.407. The van der Waals surface area contributed by atoms with Crippen LogP contribution in [0, 0.1) is 11.6 Å². The van der Waals surface area contributed by atoms with E-state index in [1.807, 2.05) is 0 Å². The molecule has 1 aromatic heterocycles. The molecule has 9 heteroatoms. The van der Waals surface area contributed by atoms with Crippen molar-refractivity contribution in [3.05, 3.63) is 83.9 Å². The van der Waals surface area contributed by atoms with Crippen LogP contribution in [0.2, 0.25) is 0 Å². The molecule has 1 aliphatic rings. The number of anilines is 3. The summed E-state index contributed by atoms with van der Waals surface area (Å²) in [5, 5.41) is 10.1. The summed E-state index contributed by atoms with van der Waals surface area (Å²) in [6.45, 7) is 9.51. The molecule has 3 N–H and O–H groups in total. The summed E-state index contributed by atoms with van der Waals surface area (Å²) in [7, 11) is 0. The van der Waals surface area contributed by atoms with Gasteiger partial charge in [0, 0.05) is 44.7 Å². The summed E-state index contributed by atoms with van der Waals surface area (Å²) in [4.78, 5) is 15.9. The molecule has 0 saturated carbocycles. The van der Waals surface area contributed by atoms with Crippen molar-refractivity contribution in [2.45, 2.75) is 38.1 Å². The molecule has 37 heavy (non-hydrogen) atoms. The molecule has 1 saturated heterocycles. The first kappa shape index (κ1) is 26.5. The summed E-state index contributed by atoms with van der Waals surface area (Å²) < 4.78 is 27.1. The fraction of sp³-hybridized carbons (Fsp3) is 0.393. The Balaban J connectivity index is 1.40. The van der Waals surface area contributed by atoms with Gasteiger partial charge in [-0.1, -0.05) is 37.3 Å². The molecule has 0 unspecified atom stereocenters. The smallest absolute Gasteiger partial charge is 0.231 e. The van der Waals surface area contributed by atoms with Gasteiger partial charge in [-0.25, -0.2) is 8.78 Å². The quantitative estimate of drug-likeness (QED) is 0.299. The number of piperidine rings is 1. The van der Waals surface area contributed by atoms with Crippen molar-refractivity contribution < 1.29 is 8.78 Å². The van der Waals surface area contributed by atoms with E-state index in [0.29, 0.717) is 37.0 Å². The molecule has 1 fully saturated rings. The first-order valence-corrected chi connectivity index (χ1v) is 12.9. The van der Waals surface area contributed by atoms with Crippen LogP contribution in [0.5, 0.6) is 0 Å². The second kappa shape index (κ2) is 13.1. The van der Waals surface area contributed by atoms with Crippen LogP contribution in [0.4, 0.5) is 26.6 Å². The van der Waals surface area contributed by atoms with Crippen molar-refractivity contribution in [1.82, 2.24) is 20.3 Å². The molecular weight excluding hydrogens is 472 g/mol. The summed E-state index contributed by atoms with van der Waals surface area (Å²) in [6, 6.07) is 13.4. The monoisotopic (exact) mass is 507 g/mol. The van der Waals surface area contributed by atoms with Crippen molar-refractivity contribution in [3.8, 4) is 0 Å². The van der Waals surface area contributed by atoms with Gasteiger partial charge in [-0.05, 0) is 54.7 Å². The highest BCUT2D eigenvalue weighted by Crippen LogP contribution is 2.26. The first-order chi connectivity index (χ1) is 18.1. The third kappa shape index (κ3) is 7.45. The second-order valence-corrected chi connectivity index (χ2v) is 9.20. The second-order valence-electron chi connectivity index (χ2n) is 9.20. The lowest BCUT2D eigenvalue weighted by Crippen LogP contribution is -2.44. The molecule has 2 heterocycles. The maximum absolute atomic E-state index is 13.5. The Morgan fingerprint density at radius 3 is 2.03 bits per heavy atom. The zero-order chi connectivity index (χ0) is 26.0. The molecule has 0 atom stereocenters. The third-order valence-electron chi connectivity index (χ3n) is 6.49. The highest BCUT2D eigenvalue weighted by atomic mass is 19.1. The zero-order valence-corrected chi connectivity index (χ0v) is 21.3. The summed E-state index contributed by atoms with van der Waals surface area (Å²) >= 11 is 0. The van der Waals surface area contributed by atoms with Gasteiger partial charge in [-0.2, -0.15) is 15.0 Å². The van der Waals surface area contributed by atoms with Gasteiger partial charge >= 0.3 is 0 Å². The summed E-state index contributed by atoms with van der Waals surface area (Å²) in [6.07, 6.45) is 4.60. The molecule has 0 amide bonds. The Bertz CT molecular complexity index is 1080. The molecular formula is C28H35F2N7. The van der Waals surface area contributed by atoms with Gasteiger partial charge in [0.15, 0.2) is 0 Å². The van der Waals surface area contributed by atoms with E-state index < -0.39 is 0 Å². The lowest BCUT2D eigenvalue weighted by Gasteiger charge is -2.33. The van der Waals surface area contributed by atoms with Crippen LogP contribution in [-0.2, 0) is 0 Å². The van der Waals surface area contributed by atoms with E-state index in [4.69, 9.17) is 0 Å². The molecule has 1 aliphatic heterocycles. The average molecular weight is 508 g/mol. The Hall–Kier alpha value is -3.59. The highest BCUT2D eigenvalue weighted by molar-refractivity contribution is 5.44. The van der Waals surface area contributed by atoms with Crippen LogP contribution in [-0.4, -0.2) is 53.7 Å². The molecule has 0 spiro atoms. The predicted octanol–water partition coefficient (Wildman–Crippen LogP) is 4.96. The van der Waals surface area contributed by atoms with Crippen molar-refractivity contribution in [2.75, 3.05) is 48.3 Å². The molecule has 0 radical (unpaired) electrons. The molecule has 3 aromatic rings. The van der Waals surface area contributed by atoms with Crippen molar-refractivity contribution in [1.29, 1.82) is 0 Å². The Morgan fingerprint density at radius 2 is 1.49 bits per heavy atom. The fourth-order valence-electron chi connectivity index (χ4n) is 4.45. The number of aromatic nitrogens is 3. The van der Waals surface area contributed by atoms with Crippen molar-refractivity contribution in [2.24, 2.45) is 0 Å². The van der Waals surface area contributed by atoms with E-state index in [2.05, 4.69) is 49.3 Å². The van der Waals surface area contributed by atoms with E-state index in [9.17, 15) is 8.78 Å². The SMILES string of the molecule is C=CCNc1nc(NCCC)nc(N2CCC(NCC(c3ccc(F)cc3)c3ccc(F)cc3)CC2)n1. The van der Waals surface area contributed by atoms with Crippen LogP contribution in [0.3, 0.4) is 0 Å². The number of rotatable bonds is 12. The molecule has 4 rings (SSSR count). The van der Waals surface area contributed by atoms with E-state index in [0.717, 1.165) is 50.0 Å². The number of hydrogen-bond acceptors (Lipinski definition) is 7. The van der Waals surface area contributed by atoms with E-state index >= 15 is 0 Å². The number of nitrogens with one attached hydrogen (secondary N) is 3. The molecule has 196 valence electrons. The minimum absolute atomic E-state index is 0.00606. The predicted molar refractivity (Wildman–Crippen MR) is 145 cm³/mol. The van der Waals surface area contributed by atoms with Crippen molar-refractivity contribution >= 4 is 17.8 Å². The number of nitrogens with zero attached hydrogens (tertiary/aromatic N) is 4. The fourth-order valence-corrected chi connectivity index (χ4v) is 4.45. The summed E-state index contributed by atoms with van der Waals surface area (Å²) in [5.41, 5.74) is 1.99. The van der Waals surface area contributed by atoms with Crippen LogP contribution >= 0.6 is 0 Å². The van der Waals surface area contributed by atoms with Crippen LogP contribution < -0.4 is 20.9 Å². The number of halogens is 2. The first-order valence-electron chi connectivity index (χ1n) is 12.9. The van der Waals surface area contributed by atoms with Gasteiger partial charge < -0.3 is 20.9 Å².